The van der Waals surface area contributed by atoms with Gasteiger partial charge in [-0.3, -0.25) is 4.79 Å². The first-order chi connectivity index (χ1) is 10.7. The van der Waals surface area contributed by atoms with Gasteiger partial charge in [-0.15, -0.1) is 0 Å². The molecule has 1 aliphatic rings. The summed E-state index contributed by atoms with van der Waals surface area (Å²) in [6.07, 6.45) is 0. The predicted molar refractivity (Wildman–Crippen MR) is 84.4 cm³/mol. The first-order valence-electron chi connectivity index (χ1n) is 6.96. The second kappa shape index (κ2) is 6.37. The first-order valence-corrected chi connectivity index (χ1v) is 7.34. The van der Waals surface area contributed by atoms with E-state index in [1.165, 1.54) is 4.68 Å². The van der Waals surface area contributed by atoms with Crippen molar-refractivity contribution in [1.82, 2.24) is 9.78 Å². The van der Waals surface area contributed by atoms with Crippen molar-refractivity contribution in [3.05, 3.63) is 45.8 Å². The number of methoxy groups -OCH3 is 1. The third kappa shape index (κ3) is 2.93. The van der Waals surface area contributed by atoms with Crippen LogP contribution < -0.4 is 15.2 Å². The highest BCUT2D eigenvalue weighted by molar-refractivity contribution is 6.29. The van der Waals surface area contributed by atoms with E-state index in [0.29, 0.717) is 43.4 Å². The van der Waals surface area contributed by atoms with Crippen LogP contribution in [0.15, 0.2) is 35.1 Å². The number of hydrogen-bond acceptors (Lipinski definition) is 5. The number of rotatable bonds is 3. The molecule has 0 radical (unpaired) electrons. The lowest BCUT2D eigenvalue weighted by Crippen LogP contribution is -2.40. The maximum absolute atomic E-state index is 12.7. The van der Waals surface area contributed by atoms with Crippen LogP contribution in [0.1, 0.15) is 0 Å². The molecule has 1 aliphatic heterocycles. The van der Waals surface area contributed by atoms with Crippen LogP contribution >= 0.6 is 11.6 Å². The van der Waals surface area contributed by atoms with E-state index in [9.17, 15) is 4.79 Å². The van der Waals surface area contributed by atoms with Gasteiger partial charge in [0.15, 0.2) is 5.15 Å². The third-order valence-electron chi connectivity index (χ3n) is 3.51. The maximum Gasteiger partial charge on any atom is 0.295 e. The molecule has 0 N–H and O–H groups in total. The number of morpholine rings is 1. The van der Waals surface area contributed by atoms with Gasteiger partial charge in [-0.1, -0.05) is 17.7 Å². The van der Waals surface area contributed by atoms with Crippen LogP contribution in [0.4, 0.5) is 5.69 Å². The van der Waals surface area contributed by atoms with Gasteiger partial charge in [0, 0.05) is 25.2 Å². The monoisotopic (exact) mass is 321 g/mol. The summed E-state index contributed by atoms with van der Waals surface area (Å²) >= 11 is 6.10. The molecule has 0 saturated carbocycles. The smallest absolute Gasteiger partial charge is 0.295 e. The van der Waals surface area contributed by atoms with Crippen molar-refractivity contribution in [2.75, 3.05) is 38.3 Å². The molecule has 0 atom stereocenters. The van der Waals surface area contributed by atoms with Gasteiger partial charge in [0.1, 0.15) is 11.4 Å². The summed E-state index contributed by atoms with van der Waals surface area (Å²) in [5.74, 6) is 0.652. The lowest BCUT2D eigenvalue weighted by molar-refractivity contribution is 0.122. The summed E-state index contributed by atoms with van der Waals surface area (Å²) in [7, 11) is 1.58. The van der Waals surface area contributed by atoms with Crippen molar-refractivity contribution in [1.29, 1.82) is 0 Å². The second-order valence-corrected chi connectivity index (χ2v) is 5.26. The zero-order valence-electron chi connectivity index (χ0n) is 12.2. The molecule has 0 aliphatic carbocycles. The van der Waals surface area contributed by atoms with Gasteiger partial charge < -0.3 is 14.4 Å². The molecule has 0 unspecified atom stereocenters. The minimum absolute atomic E-state index is 0.209. The van der Waals surface area contributed by atoms with Gasteiger partial charge in [0.2, 0.25) is 0 Å². The normalized spacial score (nSPS) is 14.9. The number of anilines is 1. The summed E-state index contributed by atoms with van der Waals surface area (Å²) in [6.45, 7) is 2.51. The zero-order valence-corrected chi connectivity index (χ0v) is 12.9. The average molecular weight is 322 g/mol. The van der Waals surface area contributed by atoms with Crippen LogP contribution in [0.2, 0.25) is 5.15 Å². The summed E-state index contributed by atoms with van der Waals surface area (Å²) in [6, 6.07) is 8.75. The molecule has 2 aromatic rings. The van der Waals surface area contributed by atoms with Crippen molar-refractivity contribution < 1.29 is 9.47 Å². The number of halogens is 1. The Bertz CT molecular complexity index is 726. The Labute approximate surface area is 132 Å². The molecule has 7 heteroatoms. The van der Waals surface area contributed by atoms with E-state index in [2.05, 4.69) is 5.10 Å². The molecule has 6 nitrogen and oxygen atoms in total. The SMILES string of the molecule is COc1cccc(-n2nc(Cl)cc(N3CCOCC3)c2=O)c1. The van der Waals surface area contributed by atoms with E-state index < -0.39 is 0 Å². The number of hydrogen-bond donors (Lipinski definition) is 0. The third-order valence-corrected chi connectivity index (χ3v) is 3.70. The quantitative estimate of drug-likeness (QED) is 0.861. The Hall–Kier alpha value is -2.05. The summed E-state index contributed by atoms with van der Waals surface area (Å²) in [5, 5.41) is 4.40. The molecule has 116 valence electrons. The van der Waals surface area contributed by atoms with Crippen LogP contribution in [0, 0.1) is 0 Å². The summed E-state index contributed by atoms with van der Waals surface area (Å²) in [4.78, 5) is 14.7. The van der Waals surface area contributed by atoms with Crippen molar-refractivity contribution in [2.24, 2.45) is 0 Å². The Morgan fingerprint density at radius 3 is 2.77 bits per heavy atom. The standard InChI is InChI=1S/C15H16ClN3O3/c1-21-12-4-2-3-11(9-12)19-15(20)13(10-14(16)17-19)18-5-7-22-8-6-18/h2-4,9-10H,5-8H2,1H3. The van der Waals surface area contributed by atoms with Gasteiger partial charge >= 0.3 is 0 Å². The fraction of sp³-hybridized carbons (Fsp3) is 0.333. The number of ether oxygens (including phenoxy) is 2. The fourth-order valence-corrected chi connectivity index (χ4v) is 2.58. The minimum Gasteiger partial charge on any atom is -0.497 e. The molecule has 1 aromatic heterocycles. The van der Waals surface area contributed by atoms with E-state index in [4.69, 9.17) is 21.1 Å². The first kappa shape index (κ1) is 14.9. The van der Waals surface area contributed by atoms with E-state index in [1.807, 2.05) is 11.0 Å². The fourth-order valence-electron chi connectivity index (χ4n) is 2.40. The maximum atomic E-state index is 12.7. The van der Waals surface area contributed by atoms with Crippen LogP contribution in [-0.2, 0) is 4.74 Å². The van der Waals surface area contributed by atoms with Crippen LogP contribution in [-0.4, -0.2) is 43.2 Å². The molecular formula is C15H16ClN3O3. The lowest BCUT2D eigenvalue weighted by Gasteiger charge is -2.28. The van der Waals surface area contributed by atoms with E-state index in [1.54, 1.807) is 31.4 Å². The minimum atomic E-state index is -0.209. The van der Waals surface area contributed by atoms with Gasteiger partial charge in [0.05, 0.1) is 26.0 Å². The second-order valence-electron chi connectivity index (χ2n) is 4.87. The van der Waals surface area contributed by atoms with Crippen molar-refractivity contribution >= 4 is 17.3 Å². The highest BCUT2D eigenvalue weighted by atomic mass is 35.5. The van der Waals surface area contributed by atoms with Crippen molar-refractivity contribution in [3.8, 4) is 11.4 Å². The van der Waals surface area contributed by atoms with Crippen molar-refractivity contribution in [3.63, 3.8) is 0 Å². The largest absolute Gasteiger partial charge is 0.497 e. The Balaban J connectivity index is 2.08. The number of aromatic nitrogens is 2. The predicted octanol–water partition coefficient (Wildman–Crippen LogP) is 1.73. The Morgan fingerprint density at radius 2 is 2.05 bits per heavy atom. The van der Waals surface area contributed by atoms with Crippen LogP contribution in [0.5, 0.6) is 5.75 Å². The molecule has 1 aromatic carbocycles. The summed E-state index contributed by atoms with van der Waals surface area (Å²) in [5.41, 5.74) is 0.937. The Morgan fingerprint density at radius 1 is 1.27 bits per heavy atom. The highest BCUT2D eigenvalue weighted by Gasteiger charge is 2.18. The molecule has 0 spiro atoms. The van der Waals surface area contributed by atoms with E-state index in [-0.39, 0.29) is 10.7 Å². The number of benzene rings is 1. The molecule has 3 rings (SSSR count). The highest BCUT2D eigenvalue weighted by Crippen LogP contribution is 2.18. The summed E-state index contributed by atoms with van der Waals surface area (Å²) < 4.78 is 11.8. The zero-order chi connectivity index (χ0) is 15.5. The number of nitrogens with zero attached hydrogens (tertiary/aromatic N) is 3. The van der Waals surface area contributed by atoms with Crippen LogP contribution in [0.3, 0.4) is 0 Å². The molecule has 2 heterocycles. The van der Waals surface area contributed by atoms with Gasteiger partial charge in [-0.2, -0.15) is 9.78 Å². The Kier molecular flexibility index (Phi) is 4.31. The molecule has 0 amide bonds. The lowest BCUT2D eigenvalue weighted by atomic mass is 10.3. The van der Waals surface area contributed by atoms with Gasteiger partial charge in [-0.05, 0) is 12.1 Å². The average Bonchev–Trinajstić information content (AvgIpc) is 2.57. The molecular weight excluding hydrogens is 306 g/mol. The van der Waals surface area contributed by atoms with E-state index in [0.717, 1.165) is 0 Å². The molecule has 1 fully saturated rings. The van der Waals surface area contributed by atoms with Gasteiger partial charge in [0.25, 0.3) is 5.56 Å². The topological polar surface area (TPSA) is 56.6 Å². The molecule has 1 saturated heterocycles. The van der Waals surface area contributed by atoms with Crippen LogP contribution in [0.25, 0.3) is 5.69 Å². The van der Waals surface area contributed by atoms with Gasteiger partial charge in [-0.25, -0.2) is 0 Å². The molecule has 0 bridgehead atoms. The molecule has 22 heavy (non-hydrogen) atoms. The van der Waals surface area contributed by atoms with Crippen molar-refractivity contribution in [2.45, 2.75) is 0 Å². The van der Waals surface area contributed by atoms with E-state index >= 15 is 0 Å².